The number of hydrazone groups is 1. The summed E-state index contributed by atoms with van der Waals surface area (Å²) in [6.45, 7) is 0. The average Bonchev–Trinajstić information content (AvgIpc) is 3.02. The van der Waals surface area contributed by atoms with Crippen molar-refractivity contribution in [3.05, 3.63) is 138 Å². The number of nitrogens with one attached hydrogen (secondary N) is 2. The zero-order valence-corrected chi connectivity index (χ0v) is 27.0. The van der Waals surface area contributed by atoms with Gasteiger partial charge in [0, 0.05) is 47.5 Å². The van der Waals surface area contributed by atoms with Crippen molar-refractivity contribution >= 4 is 73.3 Å². The highest BCUT2D eigenvalue weighted by Gasteiger charge is 2.20. The van der Waals surface area contributed by atoms with Crippen molar-refractivity contribution in [3.8, 4) is 5.75 Å². The normalized spacial score (nSPS) is 11.2. The number of rotatable bonds is 10. The maximum absolute atomic E-state index is 13.3. The molecule has 0 saturated heterocycles. The fourth-order valence-electron chi connectivity index (χ4n) is 3.84. The molecule has 0 aliphatic carbocycles. The van der Waals surface area contributed by atoms with Gasteiger partial charge in [0.1, 0.15) is 5.70 Å². The molecule has 11 nitrogen and oxygen atoms in total. The first-order chi connectivity index (χ1) is 21.5. The van der Waals surface area contributed by atoms with Gasteiger partial charge < -0.3 is 15.0 Å². The van der Waals surface area contributed by atoms with Gasteiger partial charge in [0.2, 0.25) is 0 Å². The molecule has 2 N–H and O–H groups in total. The molecule has 0 fully saturated rings. The van der Waals surface area contributed by atoms with E-state index in [0.29, 0.717) is 11.1 Å². The molecule has 13 heteroatoms. The number of anilines is 1. The molecule has 0 saturated carbocycles. The number of hydrogen-bond donors (Lipinski definition) is 2. The van der Waals surface area contributed by atoms with Crippen molar-refractivity contribution < 1.29 is 24.0 Å². The number of nitro groups is 1. The Bertz CT molecular complexity index is 1790. The summed E-state index contributed by atoms with van der Waals surface area (Å²) in [5, 5.41) is 18.1. The van der Waals surface area contributed by atoms with E-state index in [9.17, 15) is 24.5 Å². The van der Waals surface area contributed by atoms with Crippen LogP contribution in [0.5, 0.6) is 5.75 Å². The highest BCUT2D eigenvalue weighted by atomic mass is 79.9. The molecule has 0 unspecified atom stereocenters. The Morgan fingerprint density at radius 2 is 1.58 bits per heavy atom. The summed E-state index contributed by atoms with van der Waals surface area (Å²) in [4.78, 5) is 51.8. The lowest BCUT2D eigenvalue weighted by Crippen LogP contribution is -2.32. The minimum atomic E-state index is -0.773. The second-order valence-electron chi connectivity index (χ2n) is 9.56. The minimum absolute atomic E-state index is 0.0277. The average molecular weight is 735 g/mol. The van der Waals surface area contributed by atoms with Gasteiger partial charge in [-0.2, -0.15) is 5.10 Å². The minimum Gasteiger partial charge on any atom is -0.421 e. The zero-order chi connectivity index (χ0) is 32.5. The molecule has 4 rings (SSSR count). The highest BCUT2D eigenvalue weighted by Crippen LogP contribution is 2.33. The number of nitrogens with zero attached hydrogens (tertiary/aromatic N) is 3. The van der Waals surface area contributed by atoms with Gasteiger partial charge in [-0.15, -0.1) is 0 Å². The molecule has 4 aromatic rings. The zero-order valence-electron chi connectivity index (χ0n) is 23.9. The van der Waals surface area contributed by atoms with E-state index < -0.39 is 22.7 Å². The van der Waals surface area contributed by atoms with Crippen LogP contribution < -0.4 is 20.4 Å². The van der Waals surface area contributed by atoms with E-state index in [2.05, 4.69) is 47.7 Å². The fourth-order valence-corrected chi connectivity index (χ4v) is 4.65. The van der Waals surface area contributed by atoms with Crippen LogP contribution in [-0.4, -0.2) is 43.0 Å². The van der Waals surface area contributed by atoms with Gasteiger partial charge in [-0.1, -0.05) is 46.3 Å². The summed E-state index contributed by atoms with van der Waals surface area (Å²) < 4.78 is 6.43. The number of nitro benzene ring substituents is 1. The molecule has 0 heterocycles. The van der Waals surface area contributed by atoms with Crippen molar-refractivity contribution in [3.63, 3.8) is 0 Å². The number of esters is 1. The summed E-state index contributed by atoms with van der Waals surface area (Å²) in [6, 6.07) is 24.4. The molecule has 0 aliphatic rings. The lowest BCUT2D eigenvalue weighted by atomic mass is 10.1. The van der Waals surface area contributed by atoms with E-state index in [-0.39, 0.29) is 32.7 Å². The van der Waals surface area contributed by atoms with Crippen LogP contribution >= 0.6 is 31.9 Å². The van der Waals surface area contributed by atoms with Gasteiger partial charge >= 0.3 is 5.97 Å². The topological polar surface area (TPSA) is 143 Å². The Morgan fingerprint density at radius 1 is 0.911 bits per heavy atom. The third-order valence-electron chi connectivity index (χ3n) is 6.16. The molecular weight excluding hydrogens is 710 g/mol. The van der Waals surface area contributed by atoms with Gasteiger partial charge in [-0.05, 0) is 76.1 Å². The van der Waals surface area contributed by atoms with Crippen LogP contribution in [0.1, 0.15) is 31.8 Å². The van der Waals surface area contributed by atoms with Crippen LogP contribution in [0, 0.1) is 10.1 Å². The summed E-state index contributed by atoms with van der Waals surface area (Å²) in [5.74, 6) is -2.06. The number of halogens is 2. The molecule has 4 aromatic carbocycles. The van der Waals surface area contributed by atoms with Gasteiger partial charge in [0.05, 0.1) is 21.2 Å². The quantitative estimate of drug-likeness (QED) is 0.0485. The molecule has 0 aromatic heterocycles. The highest BCUT2D eigenvalue weighted by molar-refractivity contribution is 9.10. The molecule has 45 heavy (non-hydrogen) atoms. The van der Waals surface area contributed by atoms with Crippen molar-refractivity contribution in [2.45, 2.75) is 0 Å². The van der Waals surface area contributed by atoms with Crippen molar-refractivity contribution in [1.29, 1.82) is 0 Å². The molecule has 0 bridgehead atoms. The molecule has 228 valence electrons. The number of amides is 2. The molecule has 0 atom stereocenters. The number of ether oxygens (including phenoxy) is 1. The number of carbonyl (C=O) groups is 3. The largest absolute Gasteiger partial charge is 0.421 e. The Kier molecular flexibility index (Phi) is 11.0. The fraction of sp³-hybridized carbons (Fsp3) is 0.0625. The van der Waals surface area contributed by atoms with E-state index in [1.165, 1.54) is 12.1 Å². The first-order valence-electron chi connectivity index (χ1n) is 13.2. The lowest BCUT2D eigenvalue weighted by Gasteiger charge is -2.13. The third kappa shape index (κ3) is 8.94. The van der Waals surface area contributed by atoms with E-state index in [0.717, 1.165) is 22.4 Å². The smallest absolute Gasteiger partial charge is 0.343 e. The first-order valence-corrected chi connectivity index (χ1v) is 14.7. The number of benzene rings is 4. The Balaban J connectivity index is 1.62. The van der Waals surface area contributed by atoms with E-state index >= 15 is 0 Å². The molecule has 2 amide bonds. The Morgan fingerprint density at radius 3 is 2.20 bits per heavy atom. The Labute approximate surface area is 275 Å². The van der Waals surface area contributed by atoms with Crippen molar-refractivity contribution in [2.75, 3.05) is 19.0 Å². The van der Waals surface area contributed by atoms with Crippen LogP contribution in [0.15, 0.2) is 111 Å². The lowest BCUT2D eigenvalue weighted by molar-refractivity contribution is -0.385. The van der Waals surface area contributed by atoms with E-state index in [1.807, 2.05) is 31.1 Å². The van der Waals surface area contributed by atoms with Crippen LogP contribution in [0.25, 0.3) is 6.08 Å². The monoisotopic (exact) mass is 733 g/mol. The second-order valence-corrected chi connectivity index (χ2v) is 11.3. The standard InChI is InChI=1S/C32H25Br2N5O6/c1-38(2)25-14-8-20(9-15-25)16-28(36-30(40)21-6-4-3-5-7-21)31(41)37-35-19-23-17-26(39(43)44)18-27(34)29(23)45-32(42)22-10-12-24(33)13-11-22/h3-19H,1-2H3,(H,36,40)(H,37,41)/b28-16+,35-19-. The summed E-state index contributed by atoms with van der Waals surface area (Å²) in [7, 11) is 3.80. The van der Waals surface area contributed by atoms with Crippen LogP contribution in [-0.2, 0) is 4.79 Å². The van der Waals surface area contributed by atoms with Gasteiger partial charge in [0.25, 0.3) is 17.5 Å². The molecule has 0 radical (unpaired) electrons. The van der Waals surface area contributed by atoms with E-state index in [4.69, 9.17) is 4.74 Å². The number of carbonyl (C=O) groups excluding carboxylic acids is 3. The second kappa shape index (κ2) is 15.0. The number of hydrogen-bond acceptors (Lipinski definition) is 8. The number of non-ortho nitro benzene ring substituents is 1. The Hall–Kier alpha value is -5.14. The maximum atomic E-state index is 13.3. The van der Waals surface area contributed by atoms with Gasteiger partial charge in [-0.3, -0.25) is 19.7 Å². The summed E-state index contributed by atoms with van der Waals surface area (Å²) in [5.41, 5.74) is 4.09. The summed E-state index contributed by atoms with van der Waals surface area (Å²) in [6.07, 6.45) is 2.59. The van der Waals surface area contributed by atoms with E-state index in [1.54, 1.807) is 66.7 Å². The van der Waals surface area contributed by atoms with Crippen LogP contribution in [0.3, 0.4) is 0 Å². The SMILES string of the molecule is CN(C)c1ccc(/C=C(/NC(=O)c2ccccc2)C(=O)N/N=C\c2cc([N+](=O)[O-])cc(Br)c2OC(=O)c2ccc(Br)cc2)cc1. The summed E-state index contributed by atoms with van der Waals surface area (Å²) >= 11 is 6.53. The molecule has 0 aliphatic heterocycles. The van der Waals surface area contributed by atoms with Gasteiger partial charge in [-0.25, -0.2) is 10.2 Å². The van der Waals surface area contributed by atoms with Crippen LogP contribution in [0.4, 0.5) is 11.4 Å². The molecular formula is C32H25Br2N5O6. The van der Waals surface area contributed by atoms with Crippen molar-refractivity contribution in [1.82, 2.24) is 10.7 Å². The van der Waals surface area contributed by atoms with Crippen molar-refractivity contribution in [2.24, 2.45) is 5.10 Å². The predicted octanol–water partition coefficient (Wildman–Crippen LogP) is 6.33. The predicted molar refractivity (Wildman–Crippen MR) is 178 cm³/mol. The van der Waals surface area contributed by atoms with Crippen LogP contribution in [0.2, 0.25) is 0 Å². The first kappa shape index (κ1) is 32.8. The van der Waals surface area contributed by atoms with Gasteiger partial charge in [0.15, 0.2) is 5.75 Å². The molecule has 0 spiro atoms. The third-order valence-corrected chi connectivity index (χ3v) is 7.28. The maximum Gasteiger partial charge on any atom is 0.343 e.